The number of thiazole rings is 1. The van der Waals surface area contributed by atoms with Crippen molar-refractivity contribution >= 4 is 40.2 Å². The predicted molar refractivity (Wildman–Crippen MR) is 56.1 cm³/mol. The smallest absolute Gasteiger partial charge is 0.181 e. The van der Waals surface area contributed by atoms with Crippen LogP contribution in [0.3, 0.4) is 0 Å². The molecule has 0 fully saturated rings. The Balaban J connectivity index is 3.13. The molecule has 64 valence electrons. The highest BCUT2D eigenvalue weighted by molar-refractivity contribution is 7.16. The van der Waals surface area contributed by atoms with Crippen LogP contribution in [0, 0.1) is 0 Å². The molecule has 1 rings (SSSR count). The Hall–Kier alpha value is -0.800. The van der Waals surface area contributed by atoms with Crippen molar-refractivity contribution in [2.75, 3.05) is 5.73 Å². The molecule has 0 unspecified atom stereocenters. The van der Waals surface area contributed by atoms with Gasteiger partial charge in [-0.1, -0.05) is 29.5 Å². The van der Waals surface area contributed by atoms with Crippen molar-refractivity contribution in [3.8, 4) is 0 Å². The Labute approximate surface area is 80.4 Å². The van der Waals surface area contributed by atoms with Crippen LogP contribution >= 0.6 is 22.9 Å². The summed E-state index contributed by atoms with van der Waals surface area (Å²) in [6.07, 6.45) is 3.49. The van der Waals surface area contributed by atoms with Crippen LogP contribution in [0.2, 0.25) is 0 Å². The maximum Gasteiger partial charge on any atom is 0.181 e. The van der Waals surface area contributed by atoms with Crippen LogP contribution in [0.5, 0.6) is 0 Å². The van der Waals surface area contributed by atoms with Crippen LogP contribution in [0.1, 0.15) is 17.5 Å². The number of hydrogen-bond acceptors (Lipinski definition) is 3. The van der Waals surface area contributed by atoms with Crippen LogP contribution in [-0.4, -0.2) is 4.98 Å². The number of aromatic nitrogens is 1. The molecule has 0 radical (unpaired) electrons. The van der Waals surface area contributed by atoms with Crippen LogP contribution < -0.4 is 5.73 Å². The average Bonchev–Trinajstić information content (AvgIpc) is 2.29. The van der Waals surface area contributed by atoms with Gasteiger partial charge in [0.25, 0.3) is 0 Å². The summed E-state index contributed by atoms with van der Waals surface area (Å²) < 4.78 is 0. The van der Waals surface area contributed by atoms with E-state index in [0.29, 0.717) is 10.2 Å². The van der Waals surface area contributed by atoms with Crippen LogP contribution in [0.25, 0.3) is 12.2 Å². The number of rotatable bonds is 2. The normalized spacial score (nSPS) is 11.7. The highest BCUT2D eigenvalue weighted by Crippen LogP contribution is 2.24. The second-order valence-electron chi connectivity index (χ2n) is 2.24. The summed E-state index contributed by atoms with van der Waals surface area (Å²) in [6, 6.07) is 0. The van der Waals surface area contributed by atoms with Gasteiger partial charge in [-0.3, -0.25) is 0 Å². The Morgan fingerprint density at radius 1 is 1.75 bits per heavy atom. The molecule has 12 heavy (non-hydrogen) atoms. The fourth-order valence-electron chi connectivity index (χ4n) is 0.792. The summed E-state index contributed by atoms with van der Waals surface area (Å²) in [6.45, 7) is 5.44. The third-order valence-electron chi connectivity index (χ3n) is 1.22. The van der Waals surface area contributed by atoms with Crippen LogP contribution in [0.15, 0.2) is 11.6 Å². The lowest BCUT2D eigenvalue weighted by molar-refractivity contribution is 1.38. The van der Waals surface area contributed by atoms with Gasteiger partial charge in [0.15, 0.2) is 5.13 Å². The molecule has 1 heterocycles. The van der Waals surface area contributed by atoms with Gasteiger partial charge >= 0.3 is 0 Å². The first-order valence-corrected chi connectivity index (χ1v) is 4.55. The SMILES string of the molecule is C=Cc1nc(N)sc1/C=C(\C)Cl. The number of anilines is 1. The van der Waals surface area contributed by atoms with Gasteiger partial charge in [-0.25, -0.2) is 4.98 Å². The van der Waals surface area contributed by atoms with Gasteiger partial charge in [-0.05, 0) is 19.1 Å². The monoisotopic (exact) mass is 200 g/mol. The second kappa shape index (κ2) is 3.74. The van der Waals surface area contributed by atoms with E-state index in [1.54, 1.807) is 6.08 Å². The van der Waals surface area contributed by atoms with Crippen LogP contribution in [0.4, 0.5) is 5.13 Å². The molecule has 2 nitrogen and oxygen atoms in total. The molecule has 2 N–H and O–H groups in total. The van der Waals surface area contributed by atoms with Gasteiger partial charge in [-0.15, -0.1) is 0 Å². The summed E-state index contributed by atoms with van der Waals surface area (Å²) in [5.41, 5.74) is 6.31. The van der Waals surface area contributed by atoms with E-state index in [2.05, 4.69) is 11.6 Å². The van der Waals surface area contributed by atoms with Crippen molar-refractivity contribution in [1.82, 2.24) is 4.98 Å². The molecule has 0 saturated carbocycles. The molecule has 0 amide bonds. The standard InChI is InChI=1S/C8H9ClN2S/c1-3-6-7(4-5(2)9)12-8(10)11-6/h3-4H,1H2,2H3,(H2,10,11)/b5-4+. The van der Waals surface area contributed by atoms with E-state index in [1.807, 2.05) is 13.0 Å². The molecular formula is C8H9ClN2S. The molecule has 1 aromatic rings. The van der Waals surface area contributed by atoms with E-state index >= 15 is 0 Å². The molecule has 0 bridgehead atoms. The molecule has 0 atom stereocenters. The molecule has 0 aliphatic carbocycles. The van der Waals surface area contributed by atoms with Crippen molar-refractivity contribution in [1.29, 1.82) is 0 Å². The van der Waals surface area contributed by atoms with E-state index < -0.39 is 0 Å². The summed E-state index contributed by atoms with van der Waals surface area (Å²) in [5, 5.41) is 1.25. The van der Waals surface area contributed by atoms with Crippen molar-refractivity contribution in [2.45, 2.75) is 6.92 Å². The Bertz CT molecular complexity index is 324. The number of allylic oxidation sites excluding steroid dienone is 1. The highest BCUT2D eigenvalue weighted by atomic mass is 35.5. The van der Waals surface area contributed by atoms with Gasteiger partial charge in [0.05, 0.1) is 10.6 Å². The Morgan fingerprint density at radius 2 is 2.42 bits per heavy atom. The number of nitrogen functional groups attached to an aromatic ring is 1. The molecule has 0 saturated heterocycles. The fraction of sp³-hybridized carbons (Fsp3) is 0.125. The molecule has 0 aliphatic rings. The number of hydrogen-bond donors (Lipinski definition) is 1. The molecule has 0 spiro atoms. The number of nitrogens with two attached hydrogens (primary N) is 1. The first-order valence-electron chi connectivity index (χ1n) is 3.36. The lowest BCUT2D eigenvalue weighted by Gasteiger charge is -1.87. The number of nitrogens with zero attached hydrogens (tertiary/aromatic N) is 1. The van der Waals surface area contributed by atoms with E-state index in [1.165, 1.54) is 11.3 Å². The third-order valence-corrected chi connectivity index (χ3v) is 2.18. The molecule has 1 aromatic heterocycles. The molecule has 0 aliphatic heterocycles. The van der Waals surface area contributed by atoms with Gasteiger partial charge in [0.2, 0.25) is 0 Å². The average molecular weight is 201 g/mol. The van der Waals surface area contributed by atoms with Crippen molar-refractivity contribution in [3.05, 3.63) is 22.2 Å². The molecular weight excluding hydrogens is 192 g/mol. The van der Waals surface area contributed by atoms with E-state index in [4.69, 9.17) is 17.3 Å². The van der Waals surface area contributed by atoms with Gasteiger partial charge in [0.1, 0.15) is 0 Å². The van der Waals surface area contributed by atoms with E-state index in [9.17, 15) is 0 Å². The maximum absolute atomic E-state index is 5.72. The van der Waals surface area contributed by atoms with Gasteiger partial charge in [-0.2, -0.15) is 0 Å². The summed E-state index contributed by atoms with van der Waals surface area (Å²) in [4.78, 5) is 5.01. The van der Waals surface area contributed by atoms with Crippen LogP contribution in [-0.2, 0) is 0 Å². The van der Waals surface area contributed by atoms with Crippen molar-refractivity contribution < 1.29 is 0 Å². The van der Waals surface area contributed by atoms with Gasteiger partial charge in [0, 0.05) is 5.03 Å². The first-order chi connectivity index (χ1) is 5.63. The lowest BCUT2D eigenvalue weighted by Crippen LogP contribution is -1.80. The summed E-state index contributed by atoms with van der Waals surface area (Å²) in [5.74, 6) is 0. The zero-order chi connectivity index (χ0) is 9.14. The predicted octanol–water partition coefficient (Wildman–Crippen LogP) is 2.97. The second-order valence-corrected chi connectivity index (χ2v) is 3.90. The Morgan fingerprint density at radius 3 is 2.92 bits per heavy atom. The largest absolute Gasteiger partial charge is 0.375 e. The summed E-state index contributed by atoms with van der Waals surface area (Å²) >= 11 is 7.12. The zero-order valence-electron chi connectivity index (χ0n) is 6.67. The topological polar surface area (TPSA) is 38.9 Å². The van der Waals surface area contributed by atoms with Crippen molar-refractivity contribution in [2.24, 2.45) is 0 Å². The summed E-state index contributed by atoms with van der Waals surface area (Å²) in [7, 11) is 0. The fourth-order valence-corrected chi connectivity index (χ4v) is 1.80. The third kappa shape index (κ3) is 2.09. The maximum atomic E-state index is 5.72. The minimum atomic E-state index is 0.536. The minimum Gasteiger partial charge on any atom is -0.375 e. The number of halogens is 1. The zero-order valence-corrected chi connectivity index (χ0v) is 8.25. The minimum absolute atomic E-state index is 0.536. The van der Waals surface area contributed by atoms with Crippen molar-refractivity contribution in [3.63, 3.8) is 0 Å². The molecule has 0 aromatic carbocycles. The lowest BCUT2D eigenvalue weighted by atomic mass is 10.3. The molecule has 4 heteroatoms. The van der Waals surface area contributed by atoms with E-state index in [0.717, 1.165) is 10.6 Å². The first kappa shape index (κ1) is 9.29. The highest BCUT2D eigenvalue weighted by Gasteiger charge is 2.03. The van der Waals surface area contributed by atoms with E-state index in [-0.39, 0.29) is 0 Å². The van der Waals surface area contributed by atoms with Gasteiger partial charge < -0.3 is 5.73 Å². The Kier molecular flexibility index (Phi) is 2.89. The quantitative estimate of drug-likeness (QED) is 0.797.